The van der Waals surface area contributed by atoms with Gasteiger partial charge >= 0.3 is 0 Å². The highest BCUT2D eigenvalue weighted by Gasteiger charge is 2.47. The van der Waals surface area contributed by atoms with Gasteiger partial charge in [-0.05, 0) is 60.5 Å². The number of carbonyl (C=O) groups is 2. The Hall–Kier alpha value is -3.15. The number of aliphatic hydroxyl groups excluding tert-OH is 1. The van der Waals surface area contributed by atoms with E-state index in [1.165, 1.54) is 47.4 Å². The number of ketones is 1. The number of nitrogens with zero attached hydrogens (tertiary/aromatic N) is 1. The lowest BCUT2D eigenvalue weighted by Crippen LogP contribution is -2.29. The normalized spacial score (nSPS) is 17.9. The number of halogens is 3. The molecule has 4 rings (SSSR count). The summed E-state index contributed by atoms with van der Waals surface area (Å²) >= 11 is 12.1. The summed E-state index contributed by atoms with van der Waals surface area (Å²) in [5, 5.41) is 11.6. The number of carbonyl (C=O) groups excluding carboxylic acids is 2. The molecule has 3 aromatic rings. The molecule has 0 radical (unpaired) electrons. The fourth-order valence-corrected chi connectivity index (χ4v) is 3.99. The van der Waals surface area contributed by atoms with Gasteiger partial charge < -0.3 is 5.11 Å². The summed E-state index contributed by atoms with van der Waals surface area (Å²) in [5.74, 6) is -2.50. The van der Waals surface area contributed by atoms with Crippen molar-refractivity contribution in [2.75, 3.05) is 4.90 Å². The van der Waals surface area contributed by atoms with Gasteiger partial charge in [0, 0.05) is 11.3 Å². The third kappa shape index (κ3) is 3.71. The molecule has 1 atom stereocenters. The second-order valence-electron chi connectivity index (χ2n) is 7.13. The Balaban J connectivity index is 1.97. The molecule has 1 saturated heterocycles. The number of rotatable bonds is 3. The summed E-state index contributed by atoms with van der Waals surface area (Å²) in [5.41, 5.74) is 1.99. The van der Waals surface area contributed by atoms with Crippen molar-refractivity contribution < 1.29 is 19.1 Å². The number of benzene rings is 3. The van der Waals surface area contributed by atoms with Crippen LogP contribution in [-0.2, 0) is 9.59 Å². The van der Waals surface area contributed by atoms with E-state index >= 15 is 0 Å². The van der Waals surface area contributed by atoms with Gasteiger partial charge in [-0.2, -0.15) is 0 Å². The van der Waals surface area contributed by atoms with Crippen LogP contribution in [0.5, 0.6) is 0 Å². The van der Waals surface area contributed by atoms with Gasteiger partial charge in [-0.15, -0.1) is 0 Å². The molecule has 31 heavy (non-hydrogen) atoms. The molecular weight excluding hydrogens is 440 g/mol. The molecule has 1 aliphatic rings. The highest BCUT2D eigenvalue weighted by atomic mass is 35.5. The number of hydrogen-bond donors (Lipinski definition) is 1. The quantitative estimate of drug-likeness (QED) is 0.296. The molecule has 1 N–H and O–H groups in total. The summed E-state index contributed by atoms with van der Waals surface area (Å²) in [6, 6.07) is 16.1. The summed E-state index contributed by atoms with van der Waals surface area (Å²) < 4.78 is 13.5. The Labute approximate surface area is 188 Å². The van der Waals surface area contributed by atoms with Gasteiger partial charge in [0.25, 0.3) is 11.7 Å². The van der Waals surface area contributed by atoms with Crippen LogP contribution >= 0.6 is 23.2 Å². The van der Waals surface area contributed by atoms with E-state index in [9.17, 15) is 19.1 Å². The second-order valence-corrected chi connectivity index (χ2v) is 7.95. The van der Waals surface area contributed by atoms with Gasteiger partial charge in [-0.1, -0.05) is 47.5 Å². The number of aryl methyl sites for hydroxylation is 1. The largest absolute Gasteiger partial charge is 0.507 e. The molecule has 1 heterocycles. The van der Waals surface area contributed by atoms with E-state index in [1.807, 2.05) is 19.1 Å². The molecule has 1 unspecified atom stereocenters. The van der Waals surface area contributed by atoms with Gasteiger partial charge in [-0.3, -0.25) is 14.5 Å². The van der Waals surface area contributed by atoms with Crippen LogP contribution in [0.3, 0.4) is 0 Å². The molecule has 0 aromatic heterocycles. The lowest BCUT2D eigenvalue weighted by atomic mass is 9.92. The van der Waals surface area contributed by atoms with Crippen LogP contribution in [0.4, 0.5) is 10.1 Å². The molecule has 0 saturated carbocycles. The number of anilines is 1. The first-order chi connectivity index (χ1) is 14.8. The zero-order valence-electron chi connectivity index (χ0n) is 16.3. The van der Waals surface area contributed by atoms with Crippen molar-refractivity contribution in [1.29, 1.82) is 0 Å². The molecule has 1 aliphatic heterocycles. The van der Waals surface area contributed by atoms with Crippen LogP contribution in [0.1, 0.15) is 22.7 Å². The minimum atomic E-state index is -0.902. The Bertz CT molecular complexity index is 1240. The molecule has 1 fully saturated rings. The Morgan fingerprint density at radius 3 is 2.29 bits per heavy atom. The molecule has 3 aromatic carbocycles. The SMILES string of the molecule is Cc1ccccc1C1/C(=C(\O)c2ccc(Cl)c(Cl)c2)C(=O)C(=O)N1c1ccc(F)cc1. The van der Waals surface area contributed by atoms with Crippen molar-refractivity contribution in [2.24, 2.45) is 0 Å². The number of amides is 1. The van der Waals surface area contributed by atoms with Crippen molar-refractivity contribution in [3.8, 4) is 0 Å². The average Bonchev–Trinajstić information content (AvgIpc) is 3.01. The number of aliphatic hydroxyl groups is 1. The zero-order valence-corrected chi connectivity index (χ0v) is 17.8. The van der Waals surface area contributed by atoms with Crippen LogP contribution in [0.2, 0.25) is 10.0 Å². The predicted molar refractivity (Wildman–Crippen MR) is 119 cm³/mol. The molecule has 0 bridgehead atoms. The maximum absolute atomic E-state index is 13.5. The first-order valence-corrected chi connectivity index (χ1v) is 10.1. The number of hydrogen-bond acceptors (Lipinski definition) is 3. The van der Waals surface area contributed by atoms with E-state index in [2.05, 4.69) is 0 Å². The molecule has 0 aliphatic carbocycles. The van der Waals surface area contributed by atoms with Crippen molar-refractivity contribution in [3.63, 3.8) is 0 Å². The van der Waals surface area contributed by atoms with Crippen molar-refractivity contribution in [2.45, 2.75) is 13.0 Å². The maximum atomic E-state index is 13.5. The van der Waals surface area contributed by atoms with Crippen LogP contribution in [0, 0.1) is 12.7 Å². The standard InChI is InChI=1S/C24H16Cl2FNO3/c1-13-4-2-3-5-17(13)21-20(22(29)14-6-11-18(25)19(26)12-14)23(30)24(31)28(21)16-9-7-15(27)8-10-16/h2-12,21,29H,1H3/b22-20+. The van der Waals surface area contributed by atoms with E-state index in [-0.39, 0.29) is 21.9 Å². The van der Waals surface area contributed by atoms with Gasteiger partial charge in [0.1, 0.15) is 11.6 Å². The van der Waals surface area contributed by atoms with Crippen molar-refractivity contribution in [1.82, 2.24) is 0 Å². The first-order valence-electron chi connectivity index (χ1n) is 9.37. The average molecular weight is 456 g/mol. The number of Topliss-reactive ketones (excluding diaryl/α,β-unsaturated/α-hetero) is 1. The van der Waals surface area contributed by atoms with Crippen molar-refractivity contribution in [3.05, 3.63) is 105 Å². The second kappa shape index (κ2) is 8.17. The molecular formula is C24H16Cl2FNO3. The van der Waals surface area contributed by atoms with Crippen LogP contribution in [-0.4, -0.2) is 16.8 Å². The Kier molecular flexibility index (Phi) is 5.56. The van der Waals surface area contributed by atoms with E-state index in [4.69, 9.17) is 23.2 Å². The van der Waals surface area contributed by atoms with Gasteiger partial charge in [-0.25, -0.2) is 4.39 Å². The minimum absolute atomic E-state index is 0.0815. The molecule has 7 heteroatoms. The van der Waals surface area contributed by atoms with Gasteiger partial charge in [0.2, 0.25) is 0 Å². The maximum Gasteiger partial charge on any atom is 0.300 e. The fourth-order valence-electron chi connectivity index (χ4n) is 3.69. The molecule has 156 valence electrons. The fraction of sp³-hybridized carbons (Fsp3) is 0.0833. The van der Waals surface area contributed by atoms with Crippen LogP contribution in [0.25, 0.3) is 5.76 Å². The Morgan fingerprint density at radius 2 is 1.65 bits per heavy atom. The van der Waals surface area contributed by atoms with Gasteiger partial charge in [0.15, 0.2) is 0 Å². The highest BCUT2D eigenvalue weighted by Crippen LogP contribution is 2.43. The Morgan fingerprint density at radius 1 is 0.968 bits per heavy atom. The highest BCUT2D eigenvalue weighted by molar-refractivity contribution is 6.51. The van der Waals surface area contributed by atoms with E-state index < -0.39 is 23.5 Å². The summed E-state index contributed by atoms with van der Waals surface area (Å²) in [4.78, 5) is 27.4. The third-order valence-corrected chi connectivity index (χ3v) is 5.96. The minimum Gasteiger partial charge on any atom is -0.507 e. The summed E-state index contributed by atoms with van der Waals surface area (Å²) in [7, 11) is 0. The molecule has 4 nitrogen and oxygen atoms in total. The summed E-state index contributed by atoms with van der Waals surface area (Å²) in [6.45, 7) is 1.85. The van der Waals surface area contributed by atoms with E-state index in [0.29, 0.717) is 16.3 Å². The lowest BCUT2D eigenvalue weighted by molar-refractivity contribution is -0.132. The summed E-state index contributed by atoms with van der Waals surface area (Å²) in [6.07, 6.45) is 0. The van der Waals surface area contributed by atoms with Gasteiger partial charge in [0.05, 0.1) is 21.7 Å². The van der Waals surface area contributed by atoms with Crippen LogP contribution in [0.15, 0.2) is 72.3 Å². The van der Waals surface area contributed by atoms with E-state index in [1.54, 1.807) is 12.1 Å². The van der Waals surface area contributed by atoms with Crippen LogP contribution < -0.4 is 4.90 Å². The predicted octanol–water partition coefficient (Wildman–Crippen LogP) is 6.07. The van der Waals surface area contributed by atoms with E-state index in [0.717, 1.165) is 5.56 Å². The topological polar surface area (TPSA) is 57.6 Å². The molecule has 1 amide bonds. The van der Waals surface area contributed by atoms with Crippen molar-refractivity contribution >= 4 is 46.3 Å². The zero-order chi connectivity index (χ0) is 22.3. The monoisotopic (exact) mass is 455 g/mol. The molecule has 0 spiro atoms. The third-order valence-electron chi connectivity index (χ3n) is 5.23. The lowest BCUT2D eigenvalue weighted by Gasteiger charge is -2.26. The first kappa shape index (κ1) is 21.1. The smallest absolute Gasteiger partial charge is 0.300 e.